The van der Waals surface area contributed by atoms with E-state index in [1.807, 2.05) is 0 Å². The van der Waals surface area contributed by atoms with Crippen molar-refractivity contribution in [2.45, 2.75) is 330 Å². The van der Waals surface area contributed by atoms with Crippen LogP contribution >= 0.6 is 15.6 Å². The summed E-state index contributed by atoms with van der Waals surface area (Å²) >= 11 is 0. The zero-order valence-electron chi connectivity index (χ0n) is 53.6. The van der Waals surface area contributed by atoms with Crippen LogP contribution in [0.1, 0.15) is 312 Å². The topological polar surface area (TPSA) is 237 Å². The Morgan fingerprint density at radius 1 is 0.325 bits per heavy atom. The molecule has 0 fully saturated rings. The molecule has 17 nitrogen and oxygen atoms in total. The number of carbonyl (C=O) groups excluding carboxylic acids is 4. The number of ether oxygens (including phenoxy) is 4. The predicted octanol–water partition coefficient (Wildman–Crippen LogP) is 17.5. The van der Waals surface area contributed by atoms with Crippen LogP contribution in [0.4, 0.5) is 0 Å². The van der Waals surface area contributed by atoms with Crippen LogP contribution in [-0.2, 0) is 65.4 Å². The van der Waals surface area contributed by atoms with Crippen LogP contribution in [0.25, 0.3) is 0 Å². The molecule has 0 heterocycles. The molecule has 83 heavy (non-hydrogen) atoms. The number of phosphoric acid groups is 2. The lowest BCUT2D eigenvalue weighted by Crippen LogP contribution is -2.30. The van der Waals surface area contributed by atoms with Gasteiger partial charge in [0.2, 0.25) is 0 Å². The van der Waals surface area contributed by atoms with E-state index in [-0.39, 0.29) is 25.7 Å². The lowest BCUT2D eigenvalue weighted by atomic mass is 10.0. The highest BCUT2D eigenvalue weighted by Gasteiger charge is 2.30. The maximum atomic E-state index is 13.0. The first-order valence-electron chi connectivity index (χ1n) is 33.3. The Morgan fingerprint density at radius 2 is 0.554 bits per heavy atom. The Bertz CT molecular complexity index is 1650. The number of aliphatic hydroxyl groups excluding tert-OH is 1. The van der Waals surface area contributed by atoms with Crippen molar-refractivity contribution in [2.24, 2.45) is 17.8 Å². The molecule has 0 saturated carbocycles. The predicted molar refractivity (Wildman–Crippen MR) is 331 cm³/mol. The van der Waals surface area contributed by atoms with Crippen molar-refractivity contribution in [1.29, 1.82) is 0 Å². The molecule has 0 radical (unpaired) electrons. The van der Waals surface area contributed by atoms with E-state index in [2.05, 4.69) is 48.5 Å². The fraction of sp³-hybridized carbons (Fsp3) is 0.938. The van der Waals surface area contributed by atoms with Gasteiger partial charge >= 0.3 is 39.5 Å². The second-order valence-electron chi connectivity index (χ2n) is 24.6. The van der Waals surface area contributed by atoms with E-state index in [1.54, 1.807) is 0 Å². The largest absolute Gasteiger partial charge is 0.472 e. The zero-order valence-corrected chi connectivity index (χ0v) is 55.4. The molecule has 0 amide bonds. The van der Waals surface area contributed by atoms with Crippen molar-refractivity contribution in [1.82, 2.24) is 0 Å². The Kier molecular flexibility index (Phi) is 54.1. The van der Waals surface area contributed by atoms with Gasteiger partial charge in [-0.1, -0.05) is 260 Å². The first-order chi connectivity index (χ1) is 39.7. The summed E-state index contributed by atoms with van der Waals surface area (Å²) in [4.78, 5) is 72.1. The number of hydrogen-bond acceptors (Lipinski definition) is 15. The van der Waals surface area contributed by atoms with Gasteiger partial charge < -0.3 is 33.8 Å². The van der Waals surface area contributed by atoms with E-state index >= 15 is 0 Å². The second kappa shape index (κ2) is 55.4. The van der Waals surface area contributed by atoms with Crippen LogP contribution in [-0.4, -0.2) is 96.7 Å². The molecule has 0 aliphatic heterocycles. The van der Waals surface area contributed by atoms with Crippen LogP contribution in [0, 0.1) is 17.8 Å². The van der Waals surface area contributed by atoms with Gasteiger partial charge in [0.05, 0.1) is 26.4 Å². The number of esters is 4. The number of carbonyl (C=O) groups is 4. The Hall–Kier alpha value is -1.94. The molecule has 0 bridgehead atoms. The summed E-state index contributed by atoms with van der Waals surface area (Å²) in [5.41, 5.74) is 0. The molecule has 5 atom stereocenters. The molecule has 0 aliphatic rings. The van der Waals surface area contributed by atoms with Gasteiger partial charge in [0, 0.05) is 25.7 Å². The van der Waals surface area contributed by atoms with Gasteiger partial charge in [0.15, 0.2) is 12.2 Å². The minimum absolute atomic E-state index is 0.101. The summed E-state index contributed by atoms with van der Waals surface area (Å²) in [6.45, 7) is 11.6. The normalized spacial score (nSPS) is 14.4. The highest BCUT2D eigenvalue weighted by atomic mass is 31.2. The fourth-order valence-corrected chi connectivity index (χ4v) is 11.1. The summed E-state index contributed by atoms with van der Waals surface area (Å²) in [5, 5.41) is 10.5. The number of aliphatic hydroxyl groups is 1. The molecule has 2 unspecified atom stereocenters. The molecular weight excluding hydrogens is 1100 g/mol. The van der Waals surface area contributed by atoms with E-state index in [0.717, 1.165) is 109 Å². The van der Waals surface area contributed by atoms with Gasteiger partial charge in [-0.15, -0.1) is 0 Å². The first-order valence-corrected chi connectivity index (χ1v) is 36.3. The third-order valence-electron chi connectivity index (χ3n) is 14.6. The standard InChI is InChI=1S/C64H124O17P2/c1-8-9-10-11-12-22-31-38-45-61(66)74-51-60(81-64(69)48-41-34-27-25-30-37-44-57(6)7)54-79-83(72,73)77-50-58(65)49-76-82(70,71)78-53-59(52-75-62(67)46-39-32-26-24-29-36-43-56(4)5)80-63(68)47-40-33-23-20-18-16-14-13-15-17-19-21-28-35-42-55(2)3/h55-60,65H,8-54H2,1-7H3,(H,70,71)(H,72,73)/t58-,59-,60-/m1/s1. The van der Waals surface area contributed by atoms with Crippen molar-refractivity contribution >= 4 is 39.5 Å². The molecule has 0 saturated heterocycles. The highest BCUT2D eigenvalue weighted by Crippen LogP contribution is 2.45. The van der Waals surface area contributed by atoms with E-state index in [4.69, 9.17) is 37.0 Å². The van der Waals surface area contributed by atoms with Gasteiger partial charge in [-0.05, 0) is 43.4 Å². The highest BCUT2D eigenvalue weighted by molar-refractivity contribution is 7.47. The van der Waals surface area contributed by atoms with Crippen LogP contribution in [0.15, 0.2) is 0 Å². The third-order valence-corrected chi connectivity index (χ3v) is 16.5. The molecule has 492 valence electrons. The van der Waals surface area contributed by atoms with Gasteiger partial charge in [-0.2, -0.15) is 0 Å². The molecule has 0 spiro atoms. The maximum Gasteiger partial charge on any atom is 0.472 e. The van der Waals surface area contributed by atoms with Gasteiger partial charge in [0.1, 0.15) is 19.3 Å². The number of hydrogen-bond donors (Lipinski definition) is 3. The van der Waals surface area contributed by atoms with Crippen LogP contribution in [0.5, 0.6) is 0 Å². The SMILES string of the molecule is CCCCCCCCCCC(=O)OC[C@H](COP(=O)(O)OC[C@H](O)COP(=O)(O)OC[C@@H](COC(=O)CCCCCCCCC(C)C)OC(=O)CCCCCCCCCCCCCCCCC(C)C)OC(=O)CCCCCCCCC(C)C. The minimum atomic E-state index is -4.94. The molecule has 0 aromatic carbocycles. The van der Waals surface area contributed by atoms with Crippen LogP contribution < -0.4 is 0 Å². The molecule has 0 aromatic rings. The fourth-order valence-electron chi connectivity index (χ4n) is 9.48. The van der Waals surface area contributed by atoms with Crippen molar-refractivity contribution < 1.29 is 80.2 Å². The average molecular weight is 1230 g/mol. The summed E-state index contributed by atoms with van der Waals surface area (Å²) in [6, 6.07) is 0. The van der Waals surface area contributed by atoms with E-state index in [0.29, 0.717) is 37.5 Å². The van der Waals surface area contributed by atoms with E-state index in [1.165, 1.54) is 109 Å². The quantitative estimate of drug-likeness (QED) is 0.0222. The third kappa shape index (κ3) is 58.8. The summed E-state index contributed by atoms with van der Waals surface area (Å²) < 4.78 is 67.9. The average Bonchev–Trinajstić information content (AvgIpc) is 3.43. The van der Waals surface area contributed by atoms with Crippen LogP contribution in [0.3, 0.4) is 0 Å². The second-order valence-corrected chi connectivity index (χ2v) is 27.5. The van der Waals surface area contributed by atoms with Gasteiger partial charge in [-0.3, -0.25) is 37.3 Å². The van der Waals surface area contributed by atoms with Crippen LogP contribution in [0.2, 0.25) is 0 Å². The Morgan fingerprint density at radius 3 is 0.819 bits per heavy atom. The maximum absolute atomic E-state index is 13.0. The first kappa shape index (κ1) is 81.1. The van der Waals surface area contributed by atoms with Crippen molar-refractivity contribution in [2.75, 3.05) is 39.6 Å². The van der Waals surface area contributed by atoms with Crippen molar-refractivity contribution in [3.05, 3.63) is 0 Å². The number of rotatable bonds is 62. The Balaban J connectivity index is 5.18. The zero-order chi connectivity index (χ0) is 61.7. The lowest BCUT2D eigenvalue weighted by Gasteiger charge is -2.21. The molecule has 0 aliphatic carbocycles. The molecule has 0 rings (SSSR count). The summed E-state index contributed by atoms with van der Waals surface area (Å²) in [7, 11) is -9.88. The summed E-state index contributed by atoms with van der Waals surface area (Å²) in [5.74, 6) is 0.000351. The van der Waals surface area contributed by atoms with E-state index < -0.39 is 97.5 Å². The number of phosphoric ester groups is 2. The smallest absolute Gasteiger partial charge is 0.462 e. The van der Waals surface area contributed by atoms with Gasteiger partial charge in [0.25, 0.3) is 0 Å². The monoisotopic (exact) mass is 1230 g/mol. The molecular formula is C64H124O17P2. The minimum Gasteiger partial charge on any atom is -0.462 e. The molecule has 0 aromatic heterocycles. The lowest BCUT2D eigenvalue weighted by molar-refractivity contribution is -0.161. The Labute approximate surface area is 505 Å². The van der Waals surface area contributed by atoms with Crippen molar-refractivity contribution in [3.8, 4) is 0 Å². The van der Waals surface area contributed by atoms with Gasteiger partial charge in [-0.25, -0.2) is 9.13 Å². The molecule has 19 heteroatoms. The van der Waals surface area contributed by atoms with E-state index in [9.17, 15) is 43.2 Å². The molecule has 3 N–H and O–H groups in total. The van der Waals surface area contributed by atoms with Crippen molar-refractivity contribution in [3.63, 3.8) is 0 Å². The number of unbranched alkanes of at least 4 members (excludes halogenated alkanes) is 30. The summed E-state index contributed by atoms with van der Waals surface area (Å²) in [6.07, 6.45) is 36.6.